The molecule has 10 heteroatoms. The summed E-state index contributed by atoms with van der Waals surface area (Å²) in [5.41, 5.74) is 10.8. The molecule has 10 nitrogen and oxygen atoms in total. The monoisotopic (exact) mass is 768 g/mol. The maximum Gasteiger partial charge on any atom is 0.227 e. The van der Waals surface area contributed by atoms with Gasteiger partial charge in [-0.2, -0.15) is 0 Å². The Labute approximate surface area is 338 Å². The van der Waals surface area contributed by atoms with Crippen molar-refractivity contribution in [2.24, 2.45) is 4.99 Å². The van der Waals surface area contributed by atoms with Gasteiger partial charge in [0.1, 0.15) is 17.0 Å². The van der Waals surface area contributed by atoms with Gasteiger partial charge >= 0.3 is 0 Å². The van der Waals surface area contributed by atoms with Crippen LogP contribution >= 0.6 is 0 Å². The summed E-state index contributed by atoms with van der Waals surface area (Å²) in [6, 6.07) is 46.8. The lowest BCUT2D eigenvalue weighted by Gasteiger charge is -2.36. The number of para-hydroxylation sites is 8. The van der Waals surface area contributed by atoms with Gasteiger partial charge in [-0.15, -0.1) is 0 Å². The first kappa shape index (κ1) is 34.0. The van der Waals surface area contributed by atoms with Crippen molar-refractivity contribution >= 4 is 58.0 Å². The zero-order valence-corrected chi connectivity index (χ0v) is 31.6. The van der Waals surface area contributed by atoms with Crippen molar-refractivity contribution in [1.29, 1.82) is 0 Å². The van der Waals surface area contributed by atoms with Gasteiger partial charge in [0.15, 0.2) is 28.6 Å². The number of ether oxygens (including phenoxy) is 2. The van der Waals surface area contributed by atoms with Crippen LogP contribution in [0.3, 0.4) is 0 Å². The van der Waals surface area contributed by atoms with Crippen LogP contribution in [0, 0.1) is 6.92 Å². The SMILES string of the molecule is C=N/C=C\c1nc(-c2ccc(-c3ccc(-c4nc5ccncc5o4)cc3N3c4ccccc4Oc4ccccc43)c(N3c4ccccc4Oc4ccccc43)c2)oc1C. The Kier molecular flexibility index (Phi) is 7.93. The molecule has 3 aromatic heterocycles. The van der Waals surface area contributed by atoms with E-state index in [9.17, 15) is 0 Å². The number of pyridine rings is 1. The molecule has 0 aliphatic carbocycles. The summed E-state index contributed by atoms with van der Waals surface area (Å²) >= 11 is 0. The lowest BCUT2D eigenvalue weighted by atomic mass is 9.95. The van der Waals surface area contributed by atoms with Gasteiger partial charge in [-0.05, 0) is 98.6 Å². The van der Waals surface area contributed by atoms with Crippen molar-refractivity contribution in [2.75, 3.05) is 9.80 Å². The molecule has 0 radical (unpaired) electrons. The maximum atomic E-state index is 6.49. The standard InChI is InChI=1S/C49H32N6O4/c1-30-35(23-25-50-2)52-48(56-30)31-19-21-33(41(27-31)54-37-11-3-7-15-43(37)57-44-16-8-4-12-38(44)54)34-22-20-32(49-53-36-24-26-51-29-47(36)59-49)28-42(34)55-39-13-5-9-17-45(39)58-46-18-10-6-14-40(46)55/h3-29H,2H2,1H3/b25-23-. The number of aryl methyl sites for hydroxylation is 1. The van der Waals surface area contributed by atoms with Gasteiger partial charge in [-0.3, -0.25) is 9.98 Å². The molecular formula is C49H32N6O4. The molecule has 9 aromatic rings. The molecule has 0 atom stereocenters. The van der Waals surface area contributed by atoms with Crippen molar-refractivity contribution in [2.45, 2.75) is 6.92 Å². The Balaban J connectivity index is 1.20. The normalized spacial score (nSPS) is 12.7. The molecule has 0 amide bonds. The van der Waals surface area contributed by atoms with Crippen LogP contribution in [-0.4, -0.2) is 21.7 Å². The quantitative estimate of drug-likeness (QED) is 0.147. The first-order valence-corrected chi connectivity index (χ1v) is 19.0. The Bertz CT molecular complexity index is 3020. The number of rotatable bonds is 7. The Morgan fingerprint density at radius 3 is 1.54 bits per heavy atom. The van der Waals surface area contributed by atoms with Gasteiger partial charge < -0.3 is 28.1 Å². The fraction of sp³-hybridized carbons (Fsp3) is 0.0204. The Hall–Kier alpha value is -8.24. The number of hydrogen-bond acceptors (Lipinski definition) is 10. The molecule has 5 heterocycles. The minimum atomic E-state index is 0.478. The fourth-order valence-electron chi connectivity index (χ4n) is 7.80. The molecule has 6 aromatic carbocycles. The average Bonchev–Trinajstić information content (AvgIpc) is 3.89. The highest BCUT2D eigenvalue weighted by Crippen LogP contribution is 2.56. The summed E-state index contributed by atoms with van der Waals surface area (Å²) in [6.07, 6.45) is 6.80. The molecule has 11 rings (SSSR count). The van der Waals surface area contributed by atoms with E-state index in [4.69, 9.17) is 28.3 Å². The smallest absolute Gasteiger partial charge is 0.227 e. The predicted octanol–water partition coefficient (Wildman–Crippen LogP) is 13.3. The zero-order chi connectivity index (χ0) is 39.5. The second-order valence-corrected chi connectivity index (χ2v) is 14.0. The summed E-state index contributed by atoms with van der Waals surface area (Å²) in [4.78, 5) is 22.4. The molecule has 59 heavy (non-hydrogen) atoms. The number of aromatic nitrogens is 3. The first-order valence-electron chi connectivity index (χ1n) is 19.0. The molecule has 0 saturated heterocycles. The average molecular weight is 769 g/mol. The van der Waals surface area contributed by atoms with Crippen molar-refractivity contribution in [3.05, 3.63) is 170 Å². The summed E-state index contributed by atoms with van der Waals surface area (Å²) < 4.78 is 25.6. The summed E-state index contributed by atoms with van der Waals surface area (Å²) in [5, 5.41) is 0. The highest BCUT2D eigenvalue weighted by atomic mass is 16.5. The summed E-state index contributed by atoms with van der Waals surface area (Å²) in [6.45, 7) is 5.47. The minimum Gasteiger partial charge on any atom is -0.453 e. The van der Waals surface area contributed by atoms with Crippen molar-refractivity contribution in [3.63, 3.8) is 0 Å². The second kappa shape index (κ2) is 13.7. The third-order valence-corrected chi connectivity index (χ3v) is 10.5. The number of benzene rings is 6. The molecule has 0 fully saturated rings. The Morgan fingerprint density at radius 1 is 0.559 bits per heavy atom. The van der Waals surface area contributed by atoms with Crippen molar-refractivity contribution in [3.8, 4) is 57.0 Å². The third kappa shape index (κ3) is 5.73. The van der Waals surface area contributed by atoms with E-state index in [-0.39, 0.29) is 0 Å². The van der Waals surface area contributed by atoms with Crippen molar-refractivity contribution < 1.29 is 18.3 Å². The zero-order valence-electron chi connectivity index (χ0n) is 31.6. The van der Waals surface area contributed by atoms with Crippen molar-refractivity contribution in [1.82, 2.24) is 15.0 Å². The van der Waals surface area contributed by atoms with Gasteiger partial charge in [0.2, 0.25) is 11.8 Å². The van der Waals surface area contributed by atoms with Crippen LogP contribution in [0.1, 0.15) is 11.5 Å². The highest BCUT2D eigenvalue weighted by molar-refractivity contribution is 6.01. The minimum absolute atomic E-state index is 0.478. The highest BCUT2D eigenvalue weighted by Gasteiger charge is 2.32. The summed E-state index contributed by atoms with van der Waals surface area (Å²) in [7, 11) is 0. The van der Waals surface area contributed by atoms with Crippen LogP contribution in [0.25, 0.3) is 51.2 Å². The number of nitrogens with zero attached hydrogens (tertiary/aromatic N) is 6. The number of fused-ring (bicyclic) bond motifs is 5. The first-order chi connectivity index (χ1) is 29.1. The second-order valence-electron chi connectivity index (χ2n) is 14.0. The molecule has 0 spiro atoms. The maximum absolute atomic E-state index is 6.49. The van der Waals surface area contributed by atoms with E-state index in [0.717, 1.165) is 84.9 Å². The van der Waals surface area contributed by atoms with Gasteiger partial charge in [0.25, 0.3) is 0 Å². The van der Waals surface area contributed by atoms with Crippen LogP contribution < -0.4 is 19.3 Å². The molecule has 2 aliphatic heterocycles. The van der Waals surface area contributed by atoms with Crippen LogP contribution in [0.2, 0.25) is 0 Å². The predicted molar refractivity (Wildman–Crippen MR) is 231 cm³/mol. The number of aliphatic imine (C=N–C) groups is 1. The molecular weight excluding hydrogens is 737 g/mol. The molecule has 2 aliphatic rings. The lowest BCUT2D eigenvalue weighted by Crippen LogP contribution is -2.18. The summed E-state index contributed by atoms with van der Waals surface area (Å²) in [5.74, 6) is 4.57. The van der Waals surface area contributed by atoms with E-state index in [0.29, 0.717) is 28.8 Å². The van der Waals surface area contributed by atoms with Crippen LogP contribution in [0.4, 0.5) is 34.1 Å². The van der Waals surface area contributed by atoms with E-state index in [1.165, 1.54) is 0 Å². The van der Waals surface area contributed by atoms with E-state index < -0.39 is 0 Å². The van der Waals surface area contributed by atoms with Crippen LogP contribution in [0.5, 0.6) is 23.0 Å². The number of hydrogen-bond donors (Lipinski definition) is 0. The number of anilines is 6. The van der Waals surface area contributed by atoms with Gasteiger partial charge in [-0.1, -0.05) is 60.7 Å². The molecule has 282 valence electrons. The molecule has 0 saturated carbocycles. The molecule has 0 unspecified atom stereocenters. The lowest BCUT2D eigenvalue weighted by molar-refractivity contribution is 0.476. The topological polar surface area (TPSA) is 102 Å². The van der Waals surface area contributed by atoms with E-state index >= 15 is 0 Å². The fourth-order valence-corrected chi connectivity index (χ4v) is 7.80. The van der Waals surface area contributed by atoms with Gasteiger partial charge in [0, 0.05) is 34.7 Å². The molecule has 0 N–H and O–H groups in total. The molecule has 0 bridgehead atoms. The van der Waals surface area contributed by atoms with E-state index in [1.807, 2.05) is 91.9 Å². The van der Waals surface area contributed by atoms with Gasteiger partial charge in [0.05, 0.1) is 40.3 Å². The van der Waals surface area contributed by atoms with E-state index in [1.54, 1.807) is 24.7 Å². The van der Waals surface area contributed by atoms with Crippen LogP contribution in [-0.2, 0) is 0 Å². The third-order valence-electron chi connectivity index (χ3n) is 10.5. The van der Waals surface area contributed by atoms with Crippen LogP contribution in [0.15, 0.2) is 172 Å². The van der Waals surface area contributed by atoms with E-state index in [2.05, 4.69) is 81.1 Å². The van der Waals surface area contributed by atoms with Gasteiger partial charge in [-0.25, -0.2) is 9.97 Å². The largest absolute Gasteiger partial charge is 0.453 e. The Morgan fingerprint density at radius 2 is 1.05 bits per heavy atom. The number of oxazole rings is 2.